The Morgan fingerprint density at radius 2 is 2.12 bits per heavy atom. The van der Waals surface area contributed by atoms with E-state index in [-0.39, 0.29) is 11.2 Å². The van der Waals surface area contributed by atoms with Gasteiger partial charge in [0, 0.05) is 42.6 Å². The topological polar surface area (TPSA) is 81.4 Å². The SMILES string of the molecule is COCCCC(N)C(=O)NCCC(C)S(C)=O. The molecule has 0 spiro atoms. The summed E-state index contributed by atoms with van der Waals surface area (Å²) in [6, 6.07) is -0.479. The number of rotatable bonds is 9. The third kappa shape index (κ3) is 8.29. The Morgan fingerprint density at radius 1 is 1.47 bits per heavy atom. The molecule has 102 valence electrons. The lowest BCUT2D eigenvalue weighted by Gasteiger charge is -2.13. The number of carbonyl (C=O) groups excluding carboxylic acids is 1. The molecule has 5 nitrogen and oxygen atoms in total. The Labute approximate surface area is 106 Å². The second kappa shape index (κ2) is 9.56. The zero-order valence-electron chi connectivity index (χ0n) is 10.9. The third-order valence-electron chi connectivity index (χ3n) is 2.62. The highest BCUT2D eigenvalue weighted by atomic mass is 32.2. The molecule has 0 fully saturated rings. The molecule has 0 radical (unpaired) electrons. The molecular weight excluding hydrogens is 240 g/mol. The number of nitrogens with two attached hydrogens (primary N) is 1. The van der Waals surface area contributed by atoms with Crippen LogP contribution in [0.5, 0.6) is 0 Å². The van der Waals surface area contributed by atoms with Crippen molar-refractivity contribution in [1.82, 2.24) is 5.32 Å². The van der Waals surface area contributed by atoms with E-state index < -0.39 is 16.8 Å². The van der Waals surface area contributed by atoms with Gasteiger partial charge in [0.25, 0.3) is 0 Å². The molecule has 0 saturated carbocycles. The first kappa shape index (κ1) is 16.5. The minimum atomic E-state index is -0.841. The molecular formula is C11H24N2O3S. The maximum absolute atomic E-state index is 11.5. The maximum atomic E-state index is 11.5. The van der Waals surface area contributed by atoms with Crippen molar-refractivity contribution in [2.75, 3.05) is 26.5 Å². The minimum absolute atomic E-state index is 0.0972. The molecule has 17 heavy (non-hydrogen) atoms. The zero-order valence-corrected chi connectivity index (χ0v) is 11.7. The van der Waals surface area contributed by atoms with Gasteiger partial charge in [0.15, 0.2) is 0 Å². The fourth-order valence-electron chi connectivity index (χ4n) is 1.27. The Hall–Kier alpha value is -0.460. The van der Waals surface area contributed by atoms with E-state index in [1.165, 1.54) is 0 Å². The monoisotopic (exact) mass is 264 g/mol. The van der Waals surface area contributed by atoms with Gasteiger partial charge < -0.3 is 15.8 Å². The van der Waals surface area contributed by atoms with Gasteiger partial charge in [0.05, 0.1) is 6.04 Å². The van der Waals surface area contributed by atoms with Crippen LogP contribution < -0.4 is 11.1 Å². The molecule has 1 amide bonds. The van der Waals surface area contributed by atoms with Crippen LogP contribution in [0.15, 0.2) is 0 Å². The van der Waals surface area contributed by atoms with Crippen LogP contribution in [0, 0.1) is 0 Å². The Balaban J connectivity index is 3.67. The van der Waals surface area contributed by atoms with E-state index in [4.69, 9.17) is 10.5 Å². The van der Waals surface area contributed by atoms with E-state index in [2.05, 4.69) is 5.32 Å². The average Bonchev–Trinajstić information content (AvgIpc) is 2.28. The van der Waals surface area contributed by atoms with E-state index in [0.29, 0.717) is 26.0 Å². The lowest BCUT2D eigenvalue weighted by atomic mass is 10.1. The maximum Gasteiger partial charge on any atom is 0.236 e. The van der Waals surface area contributed by atoms with Crippen molar-refractivity contribution in [3.8, 4) is 0 Å². The van der Waals surface area contributed by atoms with E-state index in [1.807, 2.05) is 6.92 Å². The summed E-state index contributed by atoms with van der Waals surface area (Å²) in [7, 11) is 0.782. The van der Waals surface area contributed by atoms with Crippen molar-refractivity contribution < 1.29 is 13.7 Å². The molecule has 3 atom stereocenters. The summed E-state index contributed by atoms with van der Waals surface area (Å²) in [6.45, 7) is 3.05. The Bertz CT molecular complexity index is 249. The van der Waals surface area contributed by atoms with Crippen LogP contribution >= 0.6 is 0 Å². The summed E-state index contributed by atoms with van der Waals surface area (Å²) in [4.78, 5) is 11.5. The largest absolute Gasteiger partial charge is 0.385 e. The quantitative estimate of drug-likeness (QED) is 0.575. The molecule has 0 aromatic carbocycles. The summed E-state index contributed by atoms with van der Waals surface area (Å²) in [5, 5.41) is 2.85. The predicted octanol–water partition coefficient (Wildman–Crippen LogP) is 0.0136. The van der Waals surface area contributed by atoms with Gasteiger partial charge in [-0.05, 0) is 19.3 Å². The summed E-state index contributed by atoms with van der Waals surface area (Å²) in [5.41, 5.74) is 5.71. The van der Waals surface area contributed by atoms with Crippen molar-refractivity contribution in [2.45, 2.75) is 37.5 Å². The Morgan fingerprint density at radius 3 is 2.65 bits per heavy atom. The number of amides is 1. The first-order valence-corrected chi connectivity index (χ1v) is 7.45. The summed E-state index contributed by atoms with van der Waals surface area (Å²) in [6.07, 6.45) is 3.78. The second-order valence-electron chi connectivity index (χ2n) is 4.13. The molecule has 0 rings (SSSR count). The van der Waals surface area contributed by atoms with Crippen molar-refractivity contribution in [1.29, 1.82) is 0 Å². The number of hydrogen-bond acceptors (Lipinski definition) is 4. The molecule has 0 saturated heterocycles. The van der Waals surface area contributed by atoms with Crippen molar-refractivity contribution in [2.24, 2.45) is 5.73 Å². The third-order valence-corrected chi connectivity index (χ3v) is 3.99. The first-order chi connectivity index (χ1) is 7.99. The summed E-state index contributed by atoms with van der Waals surface area (Å²) < 4.78 is 16.0. The van der Waals surface area contributed by atoms with Crippen LogP contribution in [0.2, 0.25) is 0 Å². The van der Waals surface area contributed by atoms with Gasteiger partial charge in [0.1, 0.15) is 0 Å². The van der Waals surface area contributed by atoms with Crippen LogP contribution in [0.25, 0.3) is 0 Å². The van der Waals surface area contributed by atoms with Gasteiger partial charge in [-0.1, -0.05) is 6.92 Å². The van der Waals surface area contributed by atoms with Crippen molar-refractivity contribution in [3.05, 3.63) is 0 Å². The van der Waals surface area contributed by atoms with Crippen LogP contribution in [0.4, 0.5) is 0 Å². The van der Waals surface area contributed by atoms with Crippen molar-refractivity contribution >= 4 is 16.7 Å². The molecule has 0 aliphatic carbocycles. The summed E-state index contributed by atoms with van der Waals surface area (Å²) in [5.74, 6) is -0.143. The van der Waals surface area contributed by atoms with Gasteiger partial charge in [-0.2, -0.15) is 0 Å². The highest BCUT2D eigenvalue weighted by molar-refractivity contribution is 7.84. The van der Waals surface area contributed by atoms with Crippen LogP contribution in [-0.4, -0.2) is 47.9 Å². The molecule has 3 unspecified atom stereocenters. The molecule has 6 heteroatoms. The standard InChI is InChI=1S/C11H24N2O3S/c1-9(17(3)15)6-7-13-11(14)10(12)5-4-8-16-2/h9-10H,4-8,12H2,1-3H3,(H,13,14). The molecule has 0 bridgehead atoms. The molecule has 0 aliphatic heterocycles. The highest BCUT2D eigenvalue weighted by Gasteiger charge is 2.13. The smallest absolute Gasteiger partial charge is 0.236 e. The zero-order chi connectivity index (χ0) is 13.3. The normalized spacial score (nSPS) is 16.2. The van der Waals surface area contributed by atoms with Crippen LogP contribution in [-0.2, 0) is 20.3 Å². The van der Waals surface area contributed by atoms with E-state index in [9.17, 15) is 9.00 Å². The molecule has 0 aliphatic rings. The lowest BCUT2D eigenvalue weighted by molar-refractivity contribution is -0.122. The average molecular weight is 264 g/mol. The first-order valence-electron chi connectivity index (χ1n) is 5.83. The van der Waals surface area contributed by atoms with E-state index in [1.54, 1.807) is 13.4 Å². The van der Waals surface area contributed by atoms with Crippen LogP contribution in [0.3, 0.4) is 0 Å². The Kier molecular flexibility index (Phi) is 9.30. The molecule has 0 aromatic heterocycles. The molecule has 0 heterocycles. The number of ether oxygens (including phenoxy) is 1. The number of carbonyl (C=O) groups is 1. The fraction of sp³-hybridized carbons (Fsp3) is 0.909. The predicted molar refractivity (Wildman–Crippen MR) is 70.2 cm³/mol. The van der Waals surface area contributed by atoms with Gasteiger partial charge in [-0.15, -0.1) is 0 Å². The van der Waals surface area contributed by atoms with Gasteiger partial charge in [-0.3, -0.25) is 9.00 Å². The minimum Gasteiger partial charge on any atom is -0.385 e. The number of methoxy groups -OCH3 is 1. The van der Waals surface area contributed by atoms with Crippen LogP contribution in [0.1, 0.15) is 26.2 Å². The van der Waals surface area contributed by atoms with Gasteiger partial charge in [-0.25, -0.2) is 0 Å². The fourth-order valence-corrected chi connectivity index (χ4v) is 1.72. The van der Waals surface area contributed by atoms with Crippen molar-refractivity contribution in [3.63, 3.8) is 0 Å². The second-order valence-corrected chi connectivity index (χ2v) is 5.93. The number of hydrogen-bond donors (Lipinski definition) is 2. The van der Waals surface area contributed by atoms with Gasteiger partial charge >= 0.3 is 0 Å². The molecule has 3 N–H and O–H groups in total. The van der Waals surface area contributed by atoms with Gasteiger partial charge in [0.2, 0.25) is 5.91 Å². The molecule has 0 aromatic rings. The lowest BCUT2D eigenvalue weighted by Crippen LogP contribution is -2.41. The number of nitrogens with one attached hydrogen (secondary N) is 1. The highest BCUT2D eigenvalue weighted by Crippen LogP contribution is 1.98. The summed E-state index contributed by atoms with van der Waals surface area (Å²) >= 11 is 0. The van der Waals surface area contributed by atoms with E-state index >= 15 is 0 Å². The van der Waals surface area contributed by atoms with E-state index in [0.717, 1.165) is 6.42 Å².